The maximum absolute atomic E-state index is 6.37. The molecule has 0 radical (unpaired) electrons. The van der Waals surface area contributed by atoms with Crippen LogP contribution in [0.2, 0.25) is 5.02 Å². The summed E-state index contributed by atoms with van der Waals surface area (Å²) in [5.41, 5.74) is 7.48. The lowest BCUT2D eigenvalue weighted by molar-refractivity contribution is 0.380. The number of hydrogen-bond donors (Lipinski definition) is 1. The summed E-state index contributed by atoms with van der Waals surface area (Å²) in [6.07, 6.45) is 4.82. The van der Waals surface area contributed by atoms with Crippen molar-refractivity contribution in [1.29, 1.82) is 0 Å². The monoisotopic (exact) mass is 307 g/mol. The van der Waals surface area contributed by atoms with Gasteiger partial charge in [0.15, 0.2) is 0 Å². The molecular formula is C15H18ClN3O2. The van der Waals surface area contributed by atoms with Gasteiger partial charge >= 0.3 is 0 Å². The molecule has 0 spiro atoms. The molecule has 2 aromatic rings. The summed E-state index contributed by atoms with van der Waals surface area (Å²) in [5.74, 6) is 2.17. The van der Waals surface area contributed by atoms with Gasteiger partial charge in [0, 0.05) is 5.56 Å². The standard InChI is InChI=1S/C15H18ClN3O2/c1-20-14-11(9-4-2-3-5-9)6-10(7-12(14)16)15-18-13(8-17)21-19-15/h6-7,9H,2-5,8,17H2,1H3. The number of halogens is 1. The van der Waals surface area contributed by atoms with E-state index >= 15 is 0 Å². The molecule has 0 atom stereocenters. The second-order valence-corrected chi connectivity index (χ2v) is 5.68. The third-order valence-electron chi connectivity index (χ3n) is 3.97. The Hall–Kier alpha value is -1.59. The highest BCUT2D eigenvalue weighted by Gasteiger charge is 2.24. The lowest BCUT2D eigenvalue weighted by Gasteiger charge is -2.16. The molecule has 1 saturated carbocycles. The zero-order valence-electron chi connectivity index (χ0n) is 11.9. The van der Waals surface area contributed by atoms with Crippen LogP contribution in [0.3, 0.4) is 0 Å². The Morgan fingerprint density at radius 2 is 2.14 bits per heavy atom. The minimum absolute atomic E-state index is 0.229. The molecule has 112 valence electrons. The summed E-state index contributed by atoms with van der Waals surface area (Å²) < 4.78 is 10.6. The molecule has 1 aromatic carbocycles. The summed E-state index contributed by atoms with van der Waals surface area (Å²) in [4.78, 5) is 4.26. The van der Waals surface area contributed by atoms with E-state index in [1.165, 1.54) is 12.8 Å². The lowest BCUT2D eigenvalue weighted by Crippen LogP contribution is -1.99. The molecule has 0 amide bonds. The first kappa shape index (κ1) is 14.4. The molecule has 1 aromatic heterocycles. The van der Waals surface area contributed by atoms with Crippen LogP contribution in [0.1, 0.15) is 43.1 Å². The highest BCUT2D eigenvalue weighted by Crippen LogP contribution is 2.43. The number of nitrogens with two attached hydrogens (primary N) is 1. The van der Waals surface area contributed by atoms with Crippen molar-refractivity contribution in [3.8, 4) is 17.1 Å². The smallest absolute Gasteiger partial charge is 0.240 e. The summed E-state index contributed by atoms with van der Waals surface area (Å²) in [6, 6.07) is 3.87. The predicted molar refractivity (Wildman–Crippen MR) is 80.4 cm³/mol. The Morgan fingerprint density at radius 3 is 2.76 bits per heavy atom. The van der Waals surface area contributed by atoms with Crippen LogP contribution in [-0.4, -0.2) is 17.3 Å². The van der Waals surface area contributed by atoms with Gasteiger partial charge in [-0.2, -0.15) is 4.98 Å². The summed E-state index contributed by atoms with van der Waals surface area (Å²) in [7, 11) is 1.65. The number of aromatic nitrogens is 2. The van der Waals surface area contributed by atoms with Gasteiger partial charge in [-0.05, 0) is 36.5 Å². The highest BCUT2D eigenvalue weighted by molar-refractivity contribution is 6.32. The molecule has 1 heterocycles. The maximum atomic E-state index is 6.37. The van der Waals surface area contributed by atoms with Crippen LogP contribution in [0.4, 0.5) is 0 Å². The Labute approximate surface area is 128 Å². The molecule has 1 fully saturated rings. The van der Waals surface area contributed by atoms with Gasteiger partial charge in [0.05, 0.1) is 18.7 Å². The lowest BCUT2D eigenvalue weighted by atomic mass is 9.94. The molecular weight excluding hydrogens is 290 g/mol. The first-order valence-electron chi connectivity index (χ1n) is 7.13. The number of methoxy groups -OCH3 is 1. The predicted octanol–water partition coefficient (Wildman–Crippen LogP) is 3.51. The van der Waals surface area contributed by atoms with E-state index in [1.54, 1.807) is 7.11 Å². The number of benzene rings is 1. The Bertz CT molecular complexity index is 636. The fourth-order valence-corrected chi connectivity index (χ4v) is 3.26. The average Bonchev–Trinajstić information content (AvgIpc) is 3.17. The van der Waals surface area contributed by atoms with Crippen molar-refractivity contribution in [3.05, 3.63) is 28.6 Å². The van der Waals surface area contributed by atoms with E-state index in [9.17, 15) is 0 Å². The molecule has 5 nitrogen and oxygen atoms in total. The SMILES string of the molecule is COc1c(Cl)cc(-c2noc(CN)n2)cc1C1CCCC1. The molecule has 0 bridgehead atoms. The van der Waals surface area contributed by atoms with E-state index in [0.717, 1.165) is 29.7 Å². The highest BCUT2D eigenvalue weighted by atomic mass is 35.5. The van der Waals surface area contributed by atoms with Gasteiger partial charge in [0.1, 0.15) is 5.75 Å². The van der Waals surface area contributed by atoms with E-state index in [4.69, 9.17) is 26.6 Å². The summed E-state index contributed by atoms with van der Waals surface area (Å²) >= 11 is 6.37. The van der Waals surface area contributed by atoms with E-state index in [-0.39, 0.29) is 6.54 Å². The summed E-state index contributed by atoms with van der Waals surface area (Å²) in [5, 5.41) is 4.54. The average molecular weight is 308 g/mol. The molecule has 1 aliphatic carbocycles. The van der Waals surface area contributed by atoms with Crippen molar-refractivity contribution in [1.82, 2.24) is 10.1 Å². The zero-order valence-corrected chi connectivity index (χ0v) is 12.7. The normalized spacial score (nSPS) is 15.6. The van der Waals surface area contributed by atoms with E-state index in [0.29, 0.717) is 22.7 Å². The van der Waals surface area contributed by atoms with Crippen molar-refractivity contribution < 1.29 is 9.26 Å². The molecule has 0 unspecified atom stereocenters. The number of hydrogen-bond acceptors (Lipinski definition) is 5. The maximum Gasteiger partial charge on any atom is 0.240 e. The molecule has 3 rings (SSSR count). The van der Waals surface area contributed by atoms with Crippen molar-refractivity contribution in [2.24, 2.45) is 5.73 Å². The van der Waals surface area contributed by atoms with Crippen molar-refractivity contribution in [2.45, 2.75) is 38.1 Å². The molecule has 1 aliphatic rings. The van der Waals surface area contributed by atoms with Crippen LogP contribution < -0.4 is 10.5 Å². The molecule has 6 heteroatoms. The Balaban J connectivity index is 2.05. The van der Waals surface area contributed by atoms with Gasteiger partial charge in [-0.3, -0.25) is 0 Å². The van der Waals surface area contributed by atoms with Crippen LogP contribution in [0.15, 0.2) is 16.7 Å². The number of nitrogens with zero attached hydrogens (tertiary/aromatic N) is 2. The fraction of sp³-hybridized carbons (Fsp3) is 0.467. The second-order valence-electron chi connectivity index (χ2n) is 5.28. The Morgan fingerprint density at radius 1 is 1.38 bits per heavy atom. The number of ether oxygens (including phenoxy) is 1. The first-order valence-corrected chi connectivity index (χ1v) is 7.51. The molecule has 2 N–H and O–H groups in total. The van der Waals surface area contributed by atoms with Gasteiger partial charge < -0.3 is 15.0 Å². The van der Waals surface area contributed by atoms with Crippen LogP contribution in [0, 0.1) is 0 Å². The van der Waals surface area contributed by atoms with Crippen LogP contribution >= 0.6 is 11.6 Å². The topological polar surface area (TPSA) is 74.2 Å². The van der Waals surface area contributed by atoms with Crippen LogP contribution in [-0.2, 0) is 6.54 Å². The molecule has 0 saturated heterocycles. The van der Waals surface area contributed by atoms with E-state index in [1.807, 2.05) is 6.07 Å². The van der Waals surface area contributed by atoms with Gasteiger partial charge in [-0.25, -0.2) is 0 Å². The third-order valence-corrected chi connectivity index (χ3v) is 4.25. The van der Waals surface area contributed by atoms with Crippen LogP contribution in [0.5, 0.6) is 5.75 Å². The van der Waals surface area contributed by atoms with Gasteiger partial charge in [-0.1, -0.05) is 29.6 Å². The van der Waals surface area contributed by atoms with Gasteiger partial charge in [0.2, 0.25) is 11.7 Å². The molecule has 21 heavy (non-hydrogen) atoms. The minimum atomic E-state index is 0.229. The minimum Gasteiger partial charge on any atom is -0.495 e. The van der Waals surface area contributed by atoms with Gasteiger partial charge in [-0.15, -0.1) is 0 Å². The van der Waals surface area contributed by atoms with Crippen molar-refractivity contribution in [2.75, 3.05) is 7.11 Å². The fourth-order valence-electron chi connectivity index (χ4n) is 2.95. The second kappa shape index (κ2) is 6.03. The van der Waals surface area contributed by atoms with Crippen LogP contribution in [0.25, 0.3) is 11.4 Å². The van der Waals surface area contributed by atoms with E-state index in [2.05, 4.69) is 16.2 Å². The Kier molecular flexibility index (Phi) is 4.12. The van der Waals surface area contributed by atoms with Crippen molar-refractivity contribution in [3.63, 3.8) is 0 Å². The van der Waals surface area contributed by atoms with Crippen molar-refractivity contribution >= 4 is 11.6 Å². The number of rotatable bonds is 4. The first-order chi connectivity index (χ1) is 10.2. The quantitative estimate of drug-likeness (QED) is 0.935. The van der Waals surface area contributed by atoms with E-state index < -0.39 is 0 Å². The molecule has 0 aliphatic heterocycles. The third kappa shape index (κ3) is 2.76. The largest absolute Gasteiger partial charge is 0.495 e. The zero-order chi connectivity index (χ0) is 14.8. The summed E-state index contributed by atoms with van der Waals surface area (Å²) in [6.45, 7) is 0.229. The van der Waals surface area contributed by atoms with Gasteiger partial charge in [0.25, 0.3) is 0 Å².